The van der Waals surface area contributed by atoms with Gasteiger partial charge in [0, 0.05) is 19.0 Å². The van der Waals surface area contributed by atoms with Gasteiger partial charge >= 0.3 is 0 Å². The smallest absolute Gasteiger partial charge is 0.251 e. The molecule has 1 aliphatic rings. The van der Waals surface area contributed by atoms with E-state index in [-0.39, 0.29) is 17.4 Å². The Morgan fingerprint density at radius 3 is 2.77 bits per heavy atom. The maximum atomic E-state index is 12.6. The summed E-state index contributed by atoms with van der Waals surface area (Å²) in [6, 6.07) is 6.01. The number of aryl methyl sites for hydroxylation is 2. The lowest BCUT2D eigenvalue weighted by molar-refractivity contribution is 0.383. The van der Waals surface area contributed by atoms with Gasteiger partial charge in [0.15, 0.2) is 5.65 Å². The van der Waals surface area contributed by atoms with Crippen LogP contribution in [-0.4, -0.2) is 29.1 Å². The Labute approximate surface area is 178 Å². The number of nitriles is 1. The first kappa shape index (κ1) is 19.2. The molecule has 0 aromatic carbocycles. The molecule has 9 heteroatoms. The molecule has 4 heterocycles. The van der Waals surface area contributed by atoms with Crippen molar-refractivity contribution in [3.05, 3.63) is 52.3 Å². The molecule has 0 atom stereocenters. The summed E-state index contributed by atoms with van der Waals surface area (Å²) in [4.78, 5) is 26.0. The Morgan fingerprint density at radius 2 is 2.00 bits per heavy atom. The zero-order valence-corrected chi connectivity index (χ0v) is 17.4. The lowest BCUT2D eigenvalue weighted by Crippen LogP contribution is -2.21. The van der Waals surface area contributed by atoms with Gasteiger partial charge in [-0.1, -0.05) is 0 Å². The van der Waals surface area contributed by atoms with Gasteiger partial charge in [-0.25, -0.2) is 19.5 Å². The minimum absolute atomic E-state index is 0.0679. The zero-order valence-electron chi connectivity index (χ0n) is 17.4. The molecule has 1 saturated carbocycles. The number of aromatic nitrogens is 6. The number of nitrogens with one attached hydrogen (secondary N) is 1. The summed E-state index contributed by atoms with van der Waals surface area (Å²) in [7, 11) is 1.74. The normalized spacial score (nSPS) is 18.9. The molecule has 0 spiro atoms. The van der Waals surface area contributed by atoms with Crippen molar-refractivity contribution in [1.82, 2.24) is 29.1 Å². The Bertz CT molecular complexity index is 1390. The minimum Gasteiger partial charge on any atom is -0.323 e. The zero-order chi connectivity index (χ0) is 21.5. The van der Waals surface area contributed by atoms with Gasteiger partial charge in [0.2, 0.25) is 5.95 Å². The Hall–Kier alpha value is -3.80. The topological polar surface area (TPSA) is 114 Å². The van der Waals surface area contributed by atoms with E-state index in [0.717, 1.165) is 53.7 Å². The first-order valence-corrected chi connectivity index (χ1v) is 10.4. The highest BCUT2D eigenvalue weighted by atomic mass is 16.1. The molecular formula is C22H22N8O. The van der Waals surface area contributed by atoms with E-state index >= 15 is 0 Å². The molecule has 0 bridgehead atoms. The lowest BCUT2D eigenvalue weighted by atomic mass is 9.79. The Balaban J connectivity index is 1.56. The van der Waals surface area contributed by atoms with Crippen molar-refractivity contribution in [3.63, 3.8) is 0 Å². The SMILES string of the molecule is Cc1cc2ncnn2cc1Nc1ncc2c(n1)c(C1CCC(C#N)CC1)cc(=O)n2C. The standard InChI is InChI=1S/C22H22N8O/c1-13-7-19-25-12-26-30(19)11-17(13)27-22-24-10-18-21(28-22)16(8-20(31)29(18)2)15-5-3-14(9-23)4-6-15/h7-8,10-12,14-15H,3-6H2,1-2H3,(H,24,27,28). The summed E-state index contributed by atoms with van der Waals surface area (Å²) >= 11 is 0. The maximum Gasteiger partial charge on any atom is 0.251 e. The van der Waals surface area contributed by atoms with Crippen molar-refractivity contribution in [2.45, 2.75) is 38.5 Å². The molecule has 4 aromatic heterocycles. The number of anilines is 2. The second-order valence-electron chi connectivity index (χ2n) is 8.16. The highest BCUT2D eigenvalue weighted by molar-refractivity contribution is 5.80. The molecule has 4 aromatic rings. The molecule has 0 amide bonds. The van der Waals surface area contributed by atoms with Gasteiger partial charge < -0.3 is 9.88 Å². The summed E-state index contributed by atoms with van der Waals surface area (Å²) in [6.45, 7) is 1.99. The highest BCUT2D eigenvalue weighted by Gasteiger charge is 2.25. The average Bonchev–Trinajstić information content (AvgIpc) is 3.23. The third-order valence-corrected chi connectivity index (χ3v) is 6.23. The second-order valence-corrected chi connectivity index (χ2v) is 8.16. The largest absolute Gasteiger partial charge is 0.323 e. The molecule has 1 fully saturated rings. The number of nitrogens with zero attached hydrogens (tertiary/aromatic N) is 7. The van der Waals surface area contributed by atoms with Crippen molar-refractivity contribution in [2.75, 3.05) is 5.32 Å². The first-order valence-electron chi connectivity index (χ1n) is 10.4. The molecule has 1 aliphatic carbocycles. The molecule has 9 nitrogen and oxygen atoms in total. The maximum absolute atomic E-state index is 12.6. The average molecular weight is 414 g/mol. The van der Waals surface area contributed by atoms with Gasteiger partial charge in [-0.05, 0) is 55.7 Å². The summed E-state index contributed by atoms with van der Waals surface area (Å²) < 4.78 is 3.27. The van der Waals surface area contributed by atoms with E-state index in [4.69, 9.17) is 4.98 Å². The molecule has 0 saturated heterocycles. The van der Waals surface area contributed by atoms with Gasteiger partial charge in [-0.3, -0.25) is 4.79 Å². The molecule has 156 valence electrons. The van der Waals surface area contributed by atoms with Crippen molar-refractivity contribution in [3.8, 4) is 6.07 Å². The third-order valence-electron chi connectivity index (χ3n) is 6.23. The van der Waals surface area contributed by atoms with Crippen molar-refractivity contribution in [2.24, 2.45) is 13.0 Å². The molecule has 0 unspecified atom stereocenters. The molecule has 0 radical (unpaired) electrons. The quantitative estimate of drug-likeness (QED) is 0.547. The highest BCUT2D eigenvalue weighted by Crippen LogP contribution is 2.37. The van der Waals surface area contributed by atoms with E-state index in [0.29, 0.717) is 11.5 Å². The molecule has 0 aliphatic heterocycles. The van der Waals surface area contributed by atoms with Crippen LogP contribution in [0.5, 0.6) is 0 Å². The lowest BCUT2D eigenvalue weighted by Gasteiger charge is -2.26. The molecule has 31 heavy (non-hydrogen) atoms. The van der Waals surface area contributed by atoms with Crippen LogP contribution in [-0.2, 0) is 7.05 Å². The van der Waals surface area contributed by atoms with Gasteiger partial charge in [-0.15, -0.1) is 0 Å². The number of pyridine rings is 2. The van der Waals surface area contributed by atoms with Crippen LogP contribution in [0.15, 0.2) is 35.6 Å². The van der Waals surface area contributed by atoms with Crippen LogP contribution in [0.2, 0.25) is 0 Å². The second kappa shape index (κ2) is 7.47. The number of fused-ring (bicyclic) bond motifs is 2. The van der Waals surface area contributed by atoms with Crippen LogP contribution in [0.1, 0.15) is 42.7 Å². The molecule has 5 rings (SSSR count). The van der Waals surface area contributed by atoms with E-state index in [2.05, 4.69) is 26.5 Å². The number of hydrogen-bond donors (Lipinski definition) is 1. The number of rotatable bonds is 3. The van der Waals surface area contributed by atoms with Gasteiger partial charge in [0.25, 0.3) is 5.56 Å². The van der Waals surface area contributed by atoms with Gasteiger partial charge in [0.1, 0.15) is 6.33 Å². The number of hydrogen-bond acceptors (Lipinski definition) is 7. The predicted molar refractivity (Wildman–Crippen MR) is 116 cm³/mol. The molecule has 1 N–H and O–H groups in total. The summed E-state index contributed by atoms with van der Waals surface area (Å²) in [5, 5.41) is 16.7. The van der Waals surface area contributed by atoms with E-state index in [1.54, 1.807) is 28.4 Å². The minimum atomic E-state index is -0.0679. The summed E-state index contributed by atoms with van der Waals surface area (Å²) in [6.07, 6.45) is 8.54. The van der Waals surface area contributed by atoms with Gasteiger partial charge in [-0.2, -0.15) is 10.4 Å². The monoisotopic (exact) mass is 414 g/mol. The fourth-order valence-electron chi connectivity index (χ4n) is 4.36. The van der Waals surface area contributed by atoms with E-state index in [1.165, 1.54) is 6.33 Å². The van der Waals surface area contributed by atoms with E-state index < -0.39 is 0 Å². The summed E-state index contributed by atoms with van der Waals surface area (Å²) in [5.41, 5.74) is 4.97. The van der Waals surface area contributed by atoms with Crippen LogP contribution in [0.25, 0.3) is 16.7 Å². The Morgan fingerprint density at radius 1 is 1.19 bits per heavy atom. The van der Waals surface area contributed by atoms with Crippen molar-refractivity contribution >= 4 is 28.3 Å². The fourth-order valence-corrected chi connectivity index (χ4v) is 4.36. The fraction of sp³-hybridized carbons (Fsp3) is 0.364. The van der Waals surface area contributed by atoms with Crippen molar-refractivity contribution in [1.29, 1.82) is 5.26 Å². The van der Waals surface area contributed by atoms with Crippen LogP contribution < -0.4 is 10.9 Å². The van der Waals surface area contributed by atoms with Gasteiger partial charge in [0.05, 0.1) is 35.2 Å². The molecular weight excluding hydrogens is 392 g/mol. The first-order chi connectivity index (χ1) is 15.0. The van der Waals surface area contributed by atoms with E-state index in [9.17, 15) is 10.1 Å². The van der Waals surface area contributed by atoms with Crippen molar-refractivity contribution < 1.29 is 0 Å². The van der Waals surface area contributed by atoms with Crippen LogP contribution in [0.4, 0.5) is 11.6 Å². The summed E-state index contributed by atoms with van der Waals surface area (Å²) in [5.74, 6) is 0.785. The third kappa shape index (κ3) is 3.40. The Kier molecular flexibility index (Phi) is 4.62. The van der Waals surface area contributed by atoms with E-state index in [1.807, 2.05) is 19.2 Å². The van der Waals surface area contributed by atoms with Crippen LogP contribution in [0.3, 0.4) is 0 Å². The van der Waals surface area contributed by atoms with Crippen LogP contribution in [0, 0.1) is 24.2 Å². The predicted octanol–water partition coefficient (Wildman–Crippen LogP) is 3.22. The van der Waals surface area contributed by atoms with Crippen LogP contribution >= 0.6 is 0 Å².